The van der Waals surface area contributed by atoms with Gasteiger partial charge in [-0.1, -0.05) is 0 Å². The Morgan fingerprint density at radius 1 is 0.492 bits per heavy atom. The van der Waals surface area contributed by atoms with Gasteiger partial charge in [0, 0.05) is 20.8 Å². The molecule has 0 aromatic rings. The van der Waals surface area contributed by atoms with E-state index in [-0.39, 0.29) is 0 Å². The first kappa shape index (κ1) is 51.4. The summed E-state index contributed by atoms with van der Waals surface area (Å²) in [5.74, 6) is -4.56. The normalized spacial score (nSPS) is 48.4. The van der Waals surface area contributed by atoms with E-state index in [4.69, 9.17) is 52.1 Å². The molecule has 10 bridgehead atoms. The van der Waals surface area contributed by atoms with Crippen LogP contribution in [0.25, 0.3) is 0 Å². The summed E-state index contributed by atoms with van der Waals surface area (Å²) in [7, 11) is 0. The molecule has 14 N–H and O–H groups in total. The highest BCUT2D eigenvalue weighted by Crippen LogP contribution is 2.37. The van der Waals surface area contributed by atoms with E-state index in [1.165, 1.54) is 0 Å². The summed E-state index contributed by atoms with van der Waals surface area (Å²) in [5.41, 5.74) is 0. The number of aliphatic carboxylic acids is 1. The van der Waals surface area contributed by atoms with E-state index < -0.39 is 204 Å². The zero-order valence-electron chi connectivity index (χ0n) is 34.8. The number of carbonyl (C=O) groups excluding carboxylic acids is 3. The van der Waals surface area contributed by atoms with Crippen molar-refractivity contribution in [3.63, 3.8) is 0 Å². The monoisotopic (exact) mass is 948 g/mol. The number of hydrogen-bond donors (Lipinski definition) is 14. The van der Waals surface area contributed by atoms with Crippen molar-refractivity contribution in [3.8, 4) is 0 Å². The first-order valence-corrected chi connectivity index (χ1v) is 20.4. The number of aliphatic hydroxyl groups is 11. The first-order valence-electron chi connectivity index (χ1n) is 20.4. The largest absolute Gasteiger partial charge is 0.479 e. The summed E-state index contributed by atoms with van der Waals surface area (Å²) in [5, 5.41) is 136. The Morgan fingerprint density at radius 3 is 1.57 bits per heavy atom. The van der Waals surface area contributed by atoms with Crippen molar-refractivity contribution in [2.24, 2.45) is 0 Å². The lowest BCUT2D eigenvalue weighted by atomic mass is 9.93. The number of esters is 1. The van der Waals surface area contributed by atoms with Gasteiger partial charge in [0.25, 0.3) is 0 Å². The number of aliphatic hydroxyl groups excluding tert-OH is 11. The molecule has 29 heteroatoms. The average molecular weight is 949 g/mol. The smallest absolute Gasteiger partial charge is 0.335 e. The number of carbonyl (C=O) groups is 4. The summed E-state index contributed by atoms with van der Waals surface area (Å²) >= 11 is 0. The number of rotatable bonds is 7. The standard InChI is InChI=1S/C36H56N2O27/c1-8(42)37-15-26-18(46)11(4-39)57-32(15)55-7-14-17(45)20(48)22(50)34(60-14)64-29-21(49)23(51)35(65-30(29)31(53)54)61-25-13(6-41)59-33(16(38-9(2)43)27(25)56-10(3)44)63-28-19(47)12(5-40)58-36(62-26)24(28)52/h11-30,32-36,39-41,45-52H,4-7H2,1-3H3,(H,37,42)(H,38,43)(H,53,54)/t11-,12-,13-,14-,15-,16-,17-,18+,19+,20+,21-,22-,23-,24-,25+,26-,27-,28+,29+,30+,32-,33+,34-,35-,36-/m1/s1. The van der Waals surface area contributed by atoms with E-state index in [1.54, 1.807) is 0 Å². The van der Waals surface area contributed by atoms with E-state index >= 15 is 0 Å². The van der Waals surface area contributed by atoms with Crippen LogP contribution in [0.4, 0.5) is 0 Å². The van der Waals surface area contributed by atoms with Gasteiger partial charge in [0.1, 0.15) is 110 Å². The number of fused-ring (bicyclic) bond motifs is 2. The molecule has 65 heavy (non-hydrogen) atoms. The number of hydrogen-bond acceptors (Lipinski definition) is 26. The van der Waals surface area contributed by atoms with Crippen molar-refractivity contribution >= 4 is 23.8 Å². The van der Waals surface area contributed by atoms with Gasteiger partial charge in [0.15, 0.2) is 43.7 Å². The van der Waals surface area contributed by atoms with Crippen LogP contribution in [0, 0.1) is 0 Å². The van der Waals surface area contributed by atoms with Crippen LogP contribution in [0.5, 0.6) is 0 Å². The lowest BCUT2D eigenvalue weighted by Gasteiger charge is -2.50. The fourth-order valence-corrected chi connectivity index (χ4v) is 8.41. The predicted molar refractivity (Wildman–Crippen MR) is 196 cm³/mol. The van der Waals surface area contributed by atoms with Crippen LogP contribution in [0.1, 0.15) is 20.8 Å². The highest BCUT2D eigenvalue weighted by Gasteiger charge is 2.59. The Morgan fingerprint density at radius 2 is 0.985 bits per heavy atom. The molecule has 25 atom stereocenters. The number of amides is 2. The molecule has 8 heterocycles. The third-order valence-corrected chi connectivity index (χ3v) is 11.6. The van der Waals surface area contributed by atoms with Crippen molar-refractivity contribution in [2.45, 2.75) is 174 Å². The molecule has 0 aromatic carbocycles. The minimum absolute atomic E-state index is 0.795. The maximum Gasteiger partial charge on any atom is 0.335 e. The lowest BCUT2D eigenvalue weighted by molar-refractivity contribution is -0.378. The topological polar surface area (TPSA) is 437 Å². The zero-order chi connectivity index (χ0) is 47.8. The molecule has 372 valence electrons. The molecule has 8 fully saturated rings. The highest BCUT2D eigenvalue weighted by molar-refractivity contribution is 5.74. The van der Waals surface area contributed by atoms with Gasteiger partial charge in [-0.05, 0) is 0 Å². The number of carboxylic acids is 1. The second-order valence-electron chi connectivity index (χ2n) is 16.2. The van der Waals surface area contributed by atoms with E-state index in [0.717, 1.165) is 20.8 Å². The molecule has 8 saturated heterocycles. The highest BCUT2D eigenvalue weighted by atomic mass is 16.8. The van der Waals surface area contributed by atoms with Crippen LogP contribution in [-0.4, -0.2) is 265 Å². The van der Waals surface area contributed by atoms with E-state index in [1.807, 2.05) is 0 Å². The van der Waals surface area contributed by atoms with Gasteiger partial charge in [-0.25, -0.2) is 4.79 Å². The van der Waals surface area contributed by atoms with Crippen LogP contribution < -0.4 is 10.6 Å². The summed E-state index contributed by atoms with van der Waals surface area (Å²) in [6.07, 6.45) is -45.9. The van der Waals surface area contributed by atoms with Gasteiger partial charge in [-0.15, -0.1) is 0 Å². The van der Waals surface area contributed by atoms with Gasteiger partial charge in [-0.3, -0.25) is 14.4 Å². The Balaban J connectivity index is 1.47. The lowest BCUT2D eigenvalue weighted by Crippen LogP contribution is -2.71. The van der Waals surface area contributed by atoms with Crippen molar-refractivity contribution in [1.29, 1.82) is 0 Å². The fraction of sp³-hybridized carbons (Fsp3) is 0.889. The van der Waals surface area contributed by atoms with Crippen molar-refractivity contribution in [2.75, 3.05) is 26.4 Å². The zero-order valence-corrected chi connectivity index (χ0v) is 34.8. The Labute approximate surface area is 367 Å². The van der Waals surface area contributed by atoms with Crippen molar-refractivity contribution in [1.82, 2.24) is 10.6 Å². The number of ether oxygens (including phenoxy) is 11. The number of carboxylic acid groups (broad SMARTS) is 1. The van der Waals surface area contributed by atoms with E-state index in [9.17, 15) is 80.5 Å². The van der Waals surface area contributed by atoms with Gasteiger partial charge in [0.2, 0.25) is 11.8 Å². The number of nitrogens with one attached hydrogen (secondary N) is 2. The molecule has 0 aliphatic carbocycles. The Hall–Kier alpha value is -2.96. The summed E-state index contributed by atoms with van der Waals surface area (Å²) in [4.78, 5) is 50.6. The molecular weight excluding hydrogens is 892 g/mol. The summed E-state index contributed by atoms with van der Waals surface area (Å²) < 4.78 is 63.5. The second kappa shape index (κ2) is 21.6. The maximum absolute atomic E-state index is 12.7. The first-order chi connectivity index (χ1) is 30.7. The molecule has 8 aliphatic heterocycles. The predicted octanol–water partition coefficient (Wildman–Crippen LogP) is -9.93. The van der Waals surface area contributed by atoms with Crippen molar-refractivity contribution < 1.29 is 133 Å². The molecule has 0 radical (unpaired) electrons. The fourth-order valence-electron chi connectivity index (χ4n) is 8.41. The molecule has 29 nitrogen and oxygen atoms in total. The van der Waals surface area contributed by atoms with Crippen LogP contribution >= 0.6 is 0 Å². The molecule has 0 spiro atoms. The summed E-state index contributed by atoms with van der Waals surface area (Å²) in [6, 6.07) is -3.39. The second-order valence-corrected chi connectivity index (χ2v) is 16.2. The van der Waals surface area contributed by atoms with Gasteiger partial charge < -0.3 is 124 Å². The summed E-state index contributed by atoms with van der Waals surface area (Å²) in [6.45, 7) is -0.865. The third-order valence-electron chi connectivity index (χ3n) is 11.6. The van der Waals surface area contributed by atoms with Crippen LogP contribution in [-0.2, 0) is 71.3 Å². The van der Waals surface area contributed by atoms with E-state index in [0.29, 0.717) is 0 Å². The average Bonchev–Trinajstić information content (AvgIpc) is 3.24. The molecule has 0 unspecified atom stereocenters. The SMILES string of the molecule is CC(=O)N[C@H]1[C@@H]2O[C@H]3[C@@H](O)[C@@H](CO)O[C@H](O[C@H]4[C@@H](O)[C@@H](CO)O[C@@H](OC[C@H]5O[C@H](O[C@H]6[C@H](O)[C@@H](O)[C@H](O[C@H]([C@@H]1OC(C)=O)[C@@H](CO)O2)O[C@@H]6C(=O)O)[C@H](O)[C@@H](O)[C@@H]5O)[C@@H]4NC(C)=O)[C@@H]3O. The van der Waals surface area contributed by atoms with Crippen LogP contribution in [0.3, 0.4) is 0 Å². The van der Waals surface area contributed by atoms with Crippen molar-refractivity contribution in [3.05, 3.63) is 0 Å². The Bertz CT molecular complexity index is 1650. The quantitative estimate of drug-likeness (QED) is 0.105. The molecule has 2 amide bonds. The van der Waals surface area contributed by atoms with E-state index in [2.05, 4.69) is 10.6 Å². The van der Waals surface area contributed by atoms with Gasteiger partial charge in [-0.2, -0.15) is 0 Å². The van der Waals surface area contributed by atoms with Crippen LogP contribution in [0.2, 0.25) is 0 Å². The molecule has 0 saturated carbocycles. The molecule has 0 aromatic heterocycles. The molecule has 8 aliphatic rings. The maximum atomic E-state index is 12.7. The molecule has 8 rings (SSSR count). The van der Waals surface area contributed by atoms with Gasteiger partial charge in [0.05, 0.1) is 26.4 Å². The van der Waals surface area contributed by atoms with Gasteiger partial charge >= 0.3 is 11.9 Å². The minimum Gasteiger partial charge on any atom is -0.479 e. The minimum atomic E-state index is -2.32. The Kier molecular flexibility index (Phi) is 17.1. The van der Waals surface area contributed by atoms with Crippen LogP contribution in [0.15, 0.2) is 0 Å². The third kappa shape index (κ3) is 10.8. The molecular formula is C36H56N2O27.